The van der Waals surface area contributed by atoms with Crippen molar-refractivity contribution in [2.45, 2.75) is 44.7 Å². The van der Waals surface area contributed by atoms with E-state index in [1.54, 1.807) is 7.11 Å². The van der Waals surface area contributed by atoms with Crippen molar-refractivity contribution in [1.29, 1.82) is 0 Å². The highest BCUT2D eigenvalue weighted by molar-refractivity contribution is 6.09. The Bertz CT molecular complexity index is 676. The van der Waals surface area contributed by atoms with Gasteiger partial charge in [0.25, 0.3) is 0 Å². The molecule has 1 saturated heterocycles. The number of hydrogen-bond donors (Lipinski definition) is 3. The lowest BCUT2D eigenvalue weighted by Gasteiger charge is -2.29. The van der Waals surface area contributed by atoms with Crippen LogP contribution in [0.2, 0.25) is 0 Å². The lowest BCUT2D eigenvalue weighted by atomic mass is 9.79. The van der Waals surface area contributed by atoms with Crippen LogP contribution in [0.15, 0.2) is 24.3 Å². The molecule has 26 heavy (non-hydrogen) atoms. The van der Waals surface area contributed by atoms with Crippen molar-refractivity contribution in [2.24, 2.45) is 11.8 Å². The third-order valence-electron chi connectivity index (χ3n) is 5.33. The van der Waals surface area contributed by atoms with E-state index in [9.17, 15) is 9.59 Å². The van der Waals surface area contributed by atoms with Gasteiger partial charge in [-0.1, -0.05) is 32.0 Å². The molecule has 1 aromatic rings. The van der Waals surface area contributed by atoms with Gasteiger partial charge in [0.05, 0.1) is 5.92 Å². The van der Waals surface area contributed by atoms with Gasteiger partial charge >= 0.3 is 0 Å². The van der Waals surface area contributed by atoms with Crippen LogP contribution in [0.5, 0.6) is 0 Å². The maximum absolute atomic E-state index is 13.0. The highest BCUT2D eigenvalue weighted by Gasteiger charge is 2.59. The largest absolute Gasteiger partial charge is 0.385 e. The molecule has 0 aliphatic carbocycles. The molecule has 3 N–H and O–H groups in total. The summed E-state index contributed by atoms with van der Waals surface area (Å²) in [6.07, 6.45) is 2.36. The lowest BCUT2D eigenvalue weighted by molar-refractivity contribution is -0.133. The zero-order chi connectivity index (χ0) is 18.7. The third-order valence-corrected chi connectivity index (χ3v) is 5.33. The normalized spacial score (nSPS) is 27.0. The van der Waals surface area contributed by atoms with Crippen molar-refractivity contribution in [3.63, 3.8) is 0 Å². The summed E-state index contributed by atoms with van der Waals surface area (Å²) in [4.78, 5) is 26.0. The van der Waals surface area contributed by atoms with E-state index in [0.29, 0.717) is 25.5 Å². The Balaban J connectivity index is 1.87. The summed E-state index contributed by atoms with van der Waals surface area (Å²) in [7, 11) is 1.65. The van der Waals surface area contributed by atoms with Gasteiger partial charge in [-0.05, 0) is 31.2 Å². The number of hydrogen-bond acceptors (Lipinski definition) is 4. The number of carbonyl (C=O) groups excluding carboxylic acids is 2. The van der Waals surface area contributed by atoms with Gasteiger partial charge in [-0.15, -0.1) is 0 Å². The van der Waals surface area contributed by atoms with E-state index >= 15 is 0 Å². The van der Waals surface area contributed by atoms with Gasteiger partial charge < -0.3 is 15.4 Å². The monoisotopic (exact) mass is 359 g/mol. The molecule has 6 nitrogen and oxygen atoms in total. The molecule has 3 atom stereocenters. The third kappa shape index (κ3) is 3.35. The summed E-state index contributed by atoms with van der Waals surface area (Å²) in [5.41, 5.74) is 0.710. The molecule has 1 fully saturated rings. The molecule has 0 bridgehead atoms. The molecule has 2 heterocycles. The number of methoxy groups -OCH3 is 1. The molecular weight excluding hydrogens is 330 g/mol. The van der Waals surface area contributed by atoms with Gasteiger partial charge in [-0.2, -0.15) is 0 Å². The first kappa shape index (κ1) is 18.9. The Kier molecular flexibility index (Phi) is 5.63. The van der Waals surface area contributed by atoms with Crippen molar-refractivity contribution >= 4 is 17.5 Å². The van der Waals surface area contributed by atoms with Crippen LogP contribution in [0, 0.1) is 11.8 Å². The lowest BCUT2D eigenvalue weighted by Crippen LogP contribution is -2.53. The fraction of sp³-hybridized carbons (Fsp3) is 0.600. The van der Waals surface area contributed by atoms with Crippen LogP contribution >= 0.6 is 0 Å². The molecule has 0 aromatic heterocycles. The summed E-state index contributed by atoms with van der Waals surface area (Å²) in [5.74, 6) is -0.112. The van der Waals surface area contributed by atoms with E-state index in [0.717, 1.165) is 24.1 Å². The molecule has 2 amide bonds. The Labute approximate surface area is 155 Å². The van der Waals surface area contributed by atoms with Gasteiger partial charge in [0.2, 0.25) is 11.8 Å². The van der Waals surface area contributed by atoms with Gasteiger partial charge in [-0.25, -0.2) is 0 Å². The smallest absolute Gasteiger partial charge is 0.250 e. The van der Waals surface area contributed by atoms with E-state index in [2.05, 4.69) is 29.8 Å². The van der Waals surface area contributed by atoms with E-state index in [1.165, 1.54) is 0 Å². The Morgan fingerprint density at radius 2 is 2.15 bits per heavy atom. The van der Waals surface area contributed by atoms with E-state index in [4.69, 9.17) is 4.74 Å². The number of rotatable bonds is 7. The number of fused-ring (bicyclic) bond motifs is 2. The molecule has 2 aliphatic rings. The molecule has 142 valence electrons. The number of carbonyl (C=O) groups is 2. The van der Waals surface area contributed by atoms with E-state index < -0.39 is 11.5 Å². The maximum Gasteiger partial charge on any atom is 0.250 e. The summed E-state index contributed by atoms with van der Waals surface area (Å²) >= 11 is 0. The fourth-order valence-corrected chi connectivity index (χ4v) is 4.29. The average molecular weight is 359 g/mol. The van der Waals surface area contributed by atoms with Crippen LogP contribution in [-0.4, -0.2) is 38.1 Å². The SMILES string of the molecule is COCCCNC(=O)[C@@H]1C[C@H](CC(C)C)N[C@]12C(=O)Nc1ccccc12. The average Bonchev–Trinajstić information content (AvgIpc) is 3.11. The summed E-state index contributed by atoms with van der Waals surface area (Å²) in [5, 5.41) is 9.50. The first-order valence-electron chi connectivity index (χ1n) is 9.44. The second-order valence-electron chi connectivity index (χ2n) is 7.70. The molecule has 0 unspecified atom stereocenters. The highest BCUT2D eigenvalue weighted by atomic mass is 16.5. The topological polar surface area (TPSA) is 79.5 Å². The minimum absolute atomic E-state index is 0.0632. The van der Waals surface area contributed by atoms with Crippen molar-refractivity contribution in [1.82, 2.24) is 10.6 Å². The van der Waals surface area contributed by atoms with Crippen LogP contribution in [-0.2, 0) is 19.9 Å². The predicted molar refractivity (Wildman–Crippen MR) is 101 cm³/mol. The molecule has 2 aliphatic heterocycles. The number of amides is 2. The van der Waals surface area contributed by atoms with Crippen molar-refractivity contribution in [2.75, 3.05) is 25.6 Å². The number of anilines is 1. The molecule has 0 saturated carbocycles. The quantitative estimate of drug-likeness (QED) is 0.651. The molecule has 1 spiro atoms. The number of para-hydroxylation sites is 1. The fourth-order valence-electron chi connectivity index (χ4n) is 4.29. The van der Waals surface area contributed by atoms with Crippen LogP contribution in [0.4, 0.5) is 5.69 Å². The van der Waals surface area contributed by atoms with E-state index in [-0.39, 0.29) is 17.9 Å². The maximum atomic E-state index is 13.0. The van der Waals surface area contributed by atoms with Gasteiger partial charge in [0, 0.05) is 37.6 Å². The molecule has 1 aromatic carbocycles. The minimum Gasteiger partial charge on any atom is -0.385 e. The van der Waals surface area contributed by atoms with Crippen molar-refractivity contribution in [3.8, 4) is 0 Å². The summed E-state index contributed by atoms with van der Waals surface area (Å²) < 4.78 is 5.04. The molecule has 6 heteroatoms. The number of nitrogens with one attached hydrogen (secondary N) is 3. The van der Waals surface area contributed by atoms with Gasteiger partial charge in [0.15, 0.2) is 0 Å². The summed E-state index contributed by atoms with van der Waals surface area (Å²) in [6, 6.07) is 7.81. The zero-order valence-electron chi connectivity index (χ0n) is 15.8. The van der Waals surface area contributed by atoms with Crippen molar-refractivity contribution in [3.05, 3.63) is 29.8 Å². The zero-order valence-corrected chi connectivity index (χ0v) is 15.8. The minimum atomic E-state index is -0.971. The van der Waals surface area contributed by atoms with Crippen LogP contribution in [0.3, 0.4) is 0 Å². The highest BCUT2D eigenvalue weighted by Crippen LogP contribution is 2.47. The standard InChI is InChI=1S/C20H29N3O3/c1-13(2)11-14-12-16(18(24)21-9-6-10-26-3)20(23-14)15-7-4-5-8-17(15)22-19(20)25/h4-5,7-8,13-14,16,23H,6,9-12H2,1-3H3,(H,21,24)(H,22,25)/t14-,16-,20-/m0/s1. The number of ether oxygens (including phenoxy) is 1. The van der Waals surface area contributed by atoms with Crippen LogP contribution in [0.25, 0.3) is 0 Å². The van der Waals surface area contributed by atoms with Crippen molar-refractivity contribution < 1.29 is 14.3 Å². The molecule has 0 radical (unpaired) electrons. The predicted octanol–water partition coefficient (Wildman–Crippen LogP) is 2.01. The summed E-state index contributed by atoms with van der Waals surface area (Å²) in [6.45, 7) is 5.48. The number of benzene rings is 1. The molecular formula is C20H29N3O3. The molecule has 3 rings (SSSR count). The van der Waals surface area contributed by atoms with Gasteiger partial charge in [-0.3, -0.25) is 14.9 Å². The second kappa shape index (κ2) is 7.76. The van der Waals surface area contributed by atoms with Crippen LogP contribution in [0.1, 0.15) is 38.7 Å². The Hall–Kier alpha value is -1.92. The Morgan fingerprint density at radius 1 is 1.38 bits per heavy atom. The first-order chi connectivity index (χ1) is 12.5. The van der Waals surface area contributed by atoms with Gasteiger partial charge in [0.1, 0.15) is 5.54 Å². The van der Waals surface area contributed by atoms with E-state index in [1.807, 2.05) is 24.3 Å². The second-order valence-corrected chi connectivity index (χ2v) is 7.70. The first-order valence-corrected chi connectivity index (χ1v) is 9.44. The van der Waals surface area contributed by atoms with Crippen LogP contribution < -0.4 is 16.0 Å². The Morgan fingerprint density at radius 3 is 2.88 bits per heavy atom.